The zero-order valence-corrected chi connectivity index (χ0v) is 13.6. The fourth-order valence-electron chi connectivity index (χ4n) is 1.43. The van der Waals surface area contributed by atoms with Gasteiger partial charge in [0, 0.05) is 8.96 Å². The van der Waals surface area contributed by atoms with Crippen LogP contribution >= 0.6 is 46.6 Å². The van der Waals surface area contributed by atoms with Crippen LogP contribution in [0.3, 0.4) is 0 Å². The highest BCUT2D eigenvalue weighted by Crippen LogP contribution is 2.18. The lowest BCUT2D eigenvalue weighted by Crippen LogP contribution is -2.09. The predicted molar refractivity (Wildman–Crippen MR) is 85.8 cm³/mol. The van der Waals surface area contributed by atoms with Gasteiger partial charge in [0.1, 0.15) is 0 Å². The molecule has 0 fully saturated rings. The van der Waals surface area contributed by atoms with Crippen molar-refractivity contribution in [3.8, 4) is 0 Å². The van der Waals surface area contributed by atoms with Crippen LogP contribution in [0.15, 0.2) is 30.3 Å². The molecule has 0 radical (unpaired) electrons. The van der Waals surface area contributed by atoms with Gasteiger partial charge in [-0.25, -0.2) is 9.78 Å². The Labute approximate surface area is 130 Å². The molecular weight excluding hydrogens is 444 g/mol. The molecule has 2 aromatic rings. The van der Waals surface area contributed by atoms with Gasteiger partial charge in [0.05, 0.1) is 12.1 Å². The first-order valence-corrected chi connectivity index (χ1v) is 6.02. The van der Waals surface area contributed by atoms with E-state index in [0.29, 0.717) is 12.3 Å². The van der Waals surface area contributed by atoms with Crippen LogP contribution in [0.2, 0.25) is 0 Å². The molecule has 3 nitrogen and oxygen atoms in total. The number of hydrogen-bond donors (Lipinski definition) is 0. The van der Waals surface area contributed by atoms with Crippen molar-refractivity contribution in [2.75, 3.05) is 6.61 Å². The van der Waals surface area contributed by atoms with Crippen molar-refractivity contribution in [2.24, 2.45) is 0 Å². The molecule has 1 aromatic carbocycles. The molecule has 1 aromatic heterocycles. The van der Waals surface area contributed by atoms with Gasteiger partial charge in [0.2, 0.25) is 0 Å². The molecule has 0 unspecified atom stereocenters. The summed E-state index contributed by atoms with van der Waals surface area (Å²) in [6, 6.07) is 9.64. The SMILES string of the molecule is CCOC(=O)c1nc2ccccc2cc1I.I. The first-order chi connectivity index (χ1) is 7.72. The minimum Gasteiger partial charge on any atom is -0.461 e. The van der Waals surface area contributed by atoms with Gasteiger partial charge < -0.3 is 4.74 Å². The van der Waals surface area contributed by atoms with E-state index < -0.39 is 0 Å². The number of benzene rings is 1. The Morgan fingerprint density at radius 3 is 2.82 bits per heavy atom. The normalized spacial score (nSPS) is 9.76. The van der Waals surface area contributed by atoms with Crippen molar-refractivity contribution in [3.05, 3.63) is 39.6 Å². The van der Waals surface area contributed by atoms with Crippen molar-refractivity contribution in [2.45, 2.75) is 6.92 Å². The highest BCUT2D eigenvalue weighted by atomic mass is 127. The maximum atomic E-state index is 11.6. The lowest BCUT2D eigenvalue weighted by molar-refractivity contribution is 0.0518. The predicted octanol–water partition coefficient (Wildman–Crippen LogP) is 3.63. The molecule has 2 rings (SSSR count). The van der Waals surface area contributed by atoms with Crippen LogP contribution in [-0.4, -0.2) is 17.6 Å². The molecule has 0 amide bonds. The van der Waals surface area contributed by atoms with E-state index in [1.54, 1.807) is 6.92 Å². The maximum absolute atomic E-state index is 11.6. The number of rotatable bonds is 2. The molecule has 0 saturated carbocycles. The molecule has 90 valence electrons. The van der Waals surface area contributed by atoms with Crippen molar-refractivity contribution in [1.29, 1.82) is 0 Å². The first kappa shape index (κ1) is 14.6. The third kappa shape index (κ3) is 3.27. The van der Waals surface area contributed by atoms with Gasteiger partial charge in [0.25, 0.3) is 0 Å². The van der Waals surface area contributed by atoms with E-state index in [1.807, 2.05) is 30.3 Å². The maximum Gasteiger partial charge on any atom is 0.358 e. The van der Waals surface area contributed by atoms with E-state index >= 15 is 0 Å². The number of fused-ring (bicyclic) bond motifs is 1. The molecule has 5 heteroatoms. The Hall–Kier alpha value is -0.440. The fourth-order valence-corrected chi connectivity index (χ4v) is 2.11. The third-order valence-corrected chi connectivity index (χ3v) is 2.97. The number of carbonyl (C=O) groups excluding carboxylic acids is 1. The number of nitrogens with zero attached hydrogens (tertiary/aromatic N) is 1. The second-order valence-electron chi connectivity index (χ2n) is 3.23. The van der Waals surface area contributed by atoms with Gasteiger partial charge in [0.15, 0.2) is 5.69 Å². The fraction of sp³-hybridized carbons (Fsp3) is 0.167. The van der Waals surface area contributed by atoms with E-state index in [2.05, 4.69) is 27.6 Å². The van der Waals surface area contributed by atoms with Crippen molar-refractivity contribution in [1.82, 2.24) is 4.98 Å². The number of halogens is 2. The first-order valence-electron chi connectivity index (χ1n) is 4.94. The molecule has 1 heterocycles. The van der Waals surface area contributed by atoms with Gasteiger partial charge in [-0.05, 0) is 41.6 Å². The molecule has 0 aliphatic heterocycles. The quantitative estimate of drug-likeness (QED) is 0.513. The van der Waals surface area contributed by atoms with E-state index in [9.17, 15) is 4.79 Å². The summed E-state index contributed by atoms with van der Waals surface area (Å²) in [6.45, 7) is 2.15. The van der Waals surface area contributed by atoms with E-state index in [0.717, 1.165) is 14.5 Å². The molecule has 0 aliphatic rings. The van der Waals surface area contributed by atoms with Crippen LogP contribution in [0.5, 0.6) is 0 Å². The number of pyridine rings is 1. The Bertz CT molecular complexity index is 543. The molecule has 17 heavy (non-hydrogen) atoms. The number of ether oxygens (including phenoxy) is 1. The molecule has 0 bridgehead atoms. The number of carbonyl (C=O) groups is 1. The van der Waals surface area contributed by atoms with Gasteiger partial charge >= 0.3 is 5.97 Å². The zero-order valence-electron chi connectivity index (χ0n) is 9.14. The smallest absolute Gasteiger partial charge is 0.358 e. The Morgan fingerprint density at radius 2 is 2.12 bits per heavy atom. The van der Waals surface area contributed by atoms with Crippen molar-refractivity contribution in [3.63, 3.8) is 0 Å². The van der Waals surface area contributed by atoms with Crippen molar-refractivity contribution < 1.29 is 9.53 Å². The van der Waals surface area contributed by atoms with Crippen molar-refractivity contribution >= 4 is 63.4 Å². The number of hydrogen-bond acceptors (Lipinski definition) is 3. The van der Waals surface area contributed by atoms with E-state index in [4.69, 9.17) is 4.74 Å². The highest BCUT2D eigenvalue weighted by Gasteiger charge is 2.13. The summed E-state index contributed by atoms with van der Waals surface area (Å²) in [5.74, 6) is -0.363. The number of para-hydroxylation sites is 1. The van der Waals surface area contributed by atoms with Crippen LogP contribution in [0.25, 0.3) is 10.9 Å². The van der Waals surface area contributed by atoms with Gasteiger partial charge in [-0.3, -0.25) is 0 Å². The Kier molecular flexibility index (Phi) is 5.57. The molecule has 0 aliphatic carbocycles. The number of aromatic nitrogens is 1. The van der Waals surface area contributed by atoms with Gasteiger partial charge in [-0.1, -0.05) is 18.2 Å². The third-order valence-electron chi connectivity index (χ3n) is 2.15. The summed E-state index contributed by atoms with van der Waals surface area (Å²) in [5, 5.41) is 1.03. The highest BCUT2D eigenvalue weighted by molar-refractivity contribution is 14.1. The largest absolute Gasteiger partial charge is 0.461 e. The van der Waals surface area contributed by atoms with E-state index in [-0.39, 0.29) is 29.9 Å². The lowest BCUT2D eigenvalue weighted by atomic mass is 10.2. The van der Waals surface area contributed by atoms with E-state index in [1.165, 1.54) is 0 Å². The van der Waals surface area contributed by atoms with Crippen LogP contribution in [0, 0.1) is 3.57 Å². The second-order valence-corrected chi connectivity index (χ2v) is 4.39. The average molecular weight is 455 g/mol. The molecule has 0 saturated heterocycles. The molecular formula is C12H11I2NO2. The van der Waals surface area contributed by atoms with Crippen LogP contribution in [0.1, 0.15) is 17.4 Å². The number of esters is 1. The molecule has 0 spiro atoms. The minimum atomic E-state index is -0.363. The average Bonchev–Trinajstić information content (AvgIpc) is 2.28. The minimum absolute atomic E-state index is 0. The van der Waals surface area contributed by atoms with Crippen LogP contribution in [0.4, 0.5) is 0 Å². The summed E-state index contributed by atoms with van der Waals surface area (Å²) in [4.78, 5) is 15.9. The van der Waals surface area contributed by atoms with Crippen LogP contribution in [-0.2, 0) is 4.74 Å². The van der Waals surface area contributed by atoms with Gasteiger partial charge in [-0.2, -0.15) is 0 Å². The molecule has 0 N–H and O–H groups in total. The summed E-state index contributed by atoms with van der Waals surface area (Å²) in [6.07, 6.45) is 0. The summed E-state index contributed by atoms with van der Waals surface area (Å²) < 4.78 is 5.77. The Morgan fingerprint density at radius 1 is 1.41 bits per heavy atom. The summed E-state index contributed by atoms with van der Waals surface area (Å²) >= 11 is 2.10. The topological polar surface area (TPSA) is 39.2 Å². The van der Waals surface area contributed by atoms with Gasteiger partial charge in [-0.15, -0.1) is 24.0 Å². The molecule has 0 atom stereocenters. The zero-order chi connectivity index (χ0) is 11.5. The standard InChI is InChI=1S/C12H10INO2.HI/c1-2-16-12(15)11-9(13)7-8-5-3-4-6-10(8)14-11;/h3-7H,2H2,1H3;1H. The lowest BCUT2D eigenvalue weighted by Gasteiger charge is -2.05. The van der Waals surface area contributed by atoms with Crippen LogP contribution < -0.4 is 0 Å². The summed E-state index contributed by atoms with van der Waals surface area (Å²) in [7, 11) is 0. The monoisotopic (exact) mass is 455 g/mol. The Balaban J connectivity index is 0.00000144. The second kappa shape index (κ2) is 6.48. The summed E-state index contributed by atoms with van der Waals surface area (Å²) in [5.41, 5.74) is 1.20.